The lowest BCUT2D eigenvalue weighted by atomic mass is 10.1. The van der Waals surface area contributed by atoms with Gasteiger partial charge in [-0.3, -0.25) is 9.59 Å². The minimum absolute atomic E-state index is 0.0693. The van der Waals surface area contributed by atoms with Gasteiger partial charge in [0.1, 0.15) is 6.04 Å². The van der Waals surface area contributed by atoms with Crippen molar-refractivity contribution in [3.05, 3.63) is 42.1 Å². The molecule has 0 aliphatic carbocycles. The number of benzene rings is 1. The fraction of sp³-hybridized carbons (Fsp3) is 0.389. The van der Waals surface area contributed by atoms with Crippen molar-refractivity contribution in [2.45, 2.75) is 31.5 Å². The standard InChI is InChI=1S/C18H18F3N3O3/c19-18(20,21)17(26)24-10-4-7-14(24)16(25)22-9-8-13-11-15(27-23-13)12-5-2-1-3-6-12/h1-3,5-6,11,14H,4,7-10H2,(H,22,25). The number of hydrogen-bond donors (Lipinski definition) is 1. The second-order valence-electron chi connectivity index (χ2n) is 6.24. The van der Waals surface area contributed by atoms with Gasteiger partial charge in [0.15, 0.2) is 5.76 Å². The Morgan fingerprint density at radius 2 is 2.00 bits per heavy atom. The van der Waals surface area contributed by atoms with Crippen molar-refractivity contribution in [3.8, 4) is 11.3 Å². The van der Waals surface area contributed by atoms with Crippen LogP contribution in [0.5, 0.6) is 0 Å². The molecular formula is C18H18F3N3O3. The SMILES string of the molecule is O=C(NCCc1cc(-c2ccccc2)on1)C1CCCN1C(=O)C(F)(F)F. The van der Waals surface area contributed by atoms with E-state index in [2.05, 4.69) is 10.5 Å². The van der Waals surface area contributed by atoms with Gasteiger partial charge in [0.05, 0.1) is 5.69 Å². The molecule has 1 fully saturated rings. The Kier molecular flexibility index (Phi) is 5.48. The molecule has 0 spiro atoms. The van der Waals surface area contributed by atoms with E-state index >= 15 is 0 Å². The molecule has 1 aliphatic heterocycles. The molecule has 2 aromatic rings. The minimum atomic E-state index is -4.97. The number of nitrogens with zero attached hydrogens (tertiary/aromatic N) is 2. The van der Waals surface area contributed by atoms with Crippen molar-refractivity contribution >= 4 is 11.8 Å². The molecule has 1 N–H and O–H groups in total. The number of rotatable bonds is 5. The van der Waals surface area contributed by atoms with E-state index < -0.39 is 24.0 Å². The Balaban J connectivity index is 1.52. The van der Waals surface area contributed by atoms with Crippen LogP contribution in [0.2, 0.25) is 0 Å². The van der Waals surface area contributed by atoms with Crippen molar-refractivity contribution in [2.24, 2.45) is 0 Å². The molecule has 1 aromatic carbocycles. The van der Waals surface area contributed by atoms with Crippen LogP contribution in [0.1, 0.15) is 18.5 Å². The largest absolute Gasteiger partial charge is 0.471 e. The fourth-order valence-corrected chi connectivity index (χ4v) is 3.04. The maximum absolute atomic E-state index is 12.6. The molecule has 144 valence electrons. The van der Waals surface area contributed by atoms with Crippen LogP contribution in [0.3, 0.4) is 0 Å². The van der Waals surface area contributed by atoms with Crippen LogP contribution in [-0.2, 0) is 16.0 Å². The average molecular weight is 381 g/mol. The highest BCUT2D eigenvalue weighted by atomic mass is 19.4. The first-order valence-electron chi connectivity index (χ1n) is 8.53. The summed E-state index contributed by atoms with van der Waals surface area (Å²) in [6, 6.07) is 10.0. The van der Waals surface area contributed by atoms with Crippen molar-refractivity contribution in [2.75, 3.05) is 13.1 Å². The molecule has 2 heterocycles. The van der Waals surface area contributed by atoms with Crippen LogP contribution < -0.4 is 5.32 Å². The summed E-state index contributed by atoms with van der Waals surface area (Å²) < 4.78 is 43.1. The summed E-state index contributed by atoms with van der Waals surface area (Å²) in [5, 5.41) is 6.50. The fourth-order valence-electron chi connectivity index (χ4n) is 3.04. The van der Waals surface area contributed by atoms with Gasteiger partial charge in [-0.05, 0) is 12.8 Å². The number of alkyl halides is 3. The lowest BCUT2D eigenvalue weighted by molar-refractivity contribution is -0.186. The van der Waals surface area contributed by atoms with Gasteiger partial charge in [0, 0.05) is 31.1 Å². The van der Waals surface area contributed by atoms with Gasteiger partial charge in [-0.25, -0.2) is 0 Å². The van der Waals surface area contributed by atoms with Crippen LogP contribution in [0.4, 0.5) is 13.2 Å². The summed E-state index contributed by atoms with van der Waals surface area (Å²) in [6.07, 6.45) is -4.03. The summed E-state index contributed by atoms with van der Waals surface area (Å²) in [4.78, 5) is 24.2. The summed E-state index contributed by atoms with van der Waals surface area (Å²) in [7, 11) is 0. The maximum Gasteiger partial charge on any atom is 0.471 e. The second kappa shape index (κ2) is 7.81. The van der Waals surface area contributed by atoms with Crippen molar-refractivity contribution < 1.29 is 27.3 Å². The lowest BCUT2D eigenvalue weighted by Gasteiger charge is -2.24. The minimum Gasteiger partial charge on any atom is -0.356 e. The van der Waals surface area contributed by atoms with Gasteiger partial charge in [0.2, 0.25) is 5.91 Å². The molecule has 6 nitrogen and oxygen atoms in total. The normalized spacial score (nSPS) is 17.1. The topological polar surface area (TPSA) is 75.4 Å². The smallest absolute Gasteiger partial charge is 0.356 e. The van der Waals surface area contributed by atoms with Crippen molar-refractivity contribution in [1.82, 2.24) is 15.4 Å². The Bertz CT molecular complexity index is 805. The van der Waals surface area contributed by atoms with Crippen LogP contribution >= 0.6 is 0 Å². The number of halogens is 3. The Labute approximate surface area is 153 Å². The molecule has 9 heteroatoms. The van der Waals surface area contributed by atoms with E-state index in [1.165, 1.54) is 0 Å². The molecule has 27 heavy (non-hydrogen) atoms. The predicted octanol–water partition coefficient (Wildman–Crippen LogP) is 2.55. The first-order valence-corrected chi connectivity index (χ1v) is 8.53. The van der Waals surface area contributed by atoms with Crippen LogP contribution in [0.25, 0.3) is 11.3 Å². The van der Waals surface area contributed by atoms with Crippen molar-refractivity contribution in [1.29, 1.82) is 0 Å². The van der Waals surface area contributed by atoms with Gasteiger partial charge in [-0.1, -0.05) is 35.5 Å². The summed E-state index contributed by atoms with van der Waals surface area (Å²) in [5.41, 5.74) is 1.48. The summed E-state index contributed by atoms with van der Waals surface area (Å²) in [6.45, 7) is 0.115. The number of carbonyl (C=O) groups is 2. The molecule has 0 radical (unpaired) electrons. The molecule has 1 saturated heterocycles. The highest BCUT2D eigenvalue weighted by molar-refractivity contribution is 5.90. The van der Waals surface area contributed by atoms with Crippen LogP contribution in [0, 0.1) is 0 Å². The first-order chi connectivity index (χ1) is 12.9. The van der Waals surface area contributed by atoms with E-state index in [-0.39, 0.29) is 19.5 Å². The van der Waals surface area contributed by atoms with Gasteiger partial charge < -0.3 is 14.7 Å². The maximum atomic E-state index is 12.6. The van der Waals surface area contributed by atoms with E-state index in [0.717, 1.165) is 5.56 Å². The highest BCUT2D eigenvalue weighted by Gasteiger charge is 2.47. The second-order valence-corrected chi connectivity index (χ2v) is 6.24. The quantitative estimate of drug-likeness (QED) is 0.864. The molecule has 0 bridgehead atoms. The molecule has 2 amide bonds. The third-order valence-corrected chi connectivity index (χ3v) is 4.36. The van der Waals surface area contributed by atoms with Gasteiger partial charge in [-0.15, -0.1) is 0 Å². The number of hydrogen-bond acceptors (Lipinski definition) is 4. The van der Waals surface area contributed by atoms with Gasteiger partial charge in [0.25, 0.3) is 0 Å². The number of nitrogens with one attached hydrogen (secondary N) is 1. The molecule has 1 atom stereocenters. The monoisotopic (exact) mass is 381 g/mol. The Hall–Kier alpha value is -2.84. The molecule has 1 aliphatic rings. The zero-order valence-electron chi connectivity index (χ0n) is 14.3. The van der Waals surface area contributed by atoms with Gasteiger partial charge >= 0.3 is 12.1 Å². The number of likely N-dealkylation sites (tertiary alicyclic amines) is 1. The number of aromatic nitrogens is 1. The van der Waals surface area contributed by atoms with E-state index in [1.54, 1.807) is 6.07 Å². The van der Waals surface area contributed by atoms with Crippen molar-refractivity contribution in [3.63, 3.8) is 0 Å². The molecular weight excluding hydrogens is 363 g/mol. The van der Waals surface area contributed by atoms with E-state index in [9.17, 15) is 22.8 Å². The average Bonchev–Trinajstić information content (AvgIpc) is 3.30. The lowest BCUT2D eigenvalue weighted by Crippen LogP contribution is -2.50. The number of carbonyl (C=O) groups excluding carboxylic acids is 2. The third-order valence-electron chi connectivity index (χ3n) is 4.36. The third kappa shape index (κ3) is 4.47. The summed E-state index contributed by atoms with van der Waals surface area (Å²) >= 11 is 0. The highest BCUT2D eigenvalue weighted by Crippen LogP contribution is 2.25. The van der Waals surface area contributed by atoms with Crippen LogP contribution in [0.15, 0.2) is 40.9 Å². The van der Waals surface area contributed by atoms with Gasteiger partial charge in [-0.2, -0.15) is 13.2 Å². The Morgan fingerprint density at radius 3 is 2.70 bits per heavy atom. The zero-order valence-corrected chi connectivity index (χ0v) is 14.3. The molecule has 0 saturated carbocycles. The number of amides is 2. The van der Waals surface area contributed by atoms with E-state index in [1.807, 2.05) is 30.3 Å². The summed E-state index contributed by atoms with van der Waals surface area (Å²) in [5.74, 6) is -1.96. The zero-order chi connectivity index (χ0) is 19.4. The molecule has 3 rings (SSSR count). The molecule has 1 unspecified atom stereocenters. The first kappa shape index (κ1) is 18.9. The van der Waals surface area contributed by atoms with E-state index in [4.69, 9.17) is 4.52 Å². The van der Waals surface area contributed by atoms with Crippen LogP contribution in [-0.4, -0.2) is 47.2 Å². The predicted molar refractivity (Wildman–Crippen MR) is 89.4 cm³/mol. The van der Waals surface area contributed by atoms with E-state index in [0.29, 0.717) is 29.2 Å². The molecule has 1 aromatic heterocycles. The Morgan fingerprint density at radius 1 is 1.26 bits per heavy atom.